The summed E-state index contributed by atoms with van der Waals surface area (Å²) < 4.78 is 12.9. The Morgan fingerprint density at radius 3 is 2.71 bits per heavy atom. The number of hydrogen-bond donors (Lipinski definition) is 1. The van der Waals surface area contributed by atoms with Crippen LogP contribution in [0.3, 0.4) is 0 Å². The Hall–Kier alpha value is -2.76. The van der Waals surface area contributed by atoms with Crippen LogP contribution in [0.15, 0.2) is 58.9 Å². The first-order chi connectivity index (χ1) is 10.1. The SMILES string of the molecule is O=C(O)c1cccc(N2CC(c3ccc(F)cc3)N=N2)c1. The molecule has 1 N–H and O–H groups in total. The summed E-state index contributed by atoms with van der Waals surface area (Å²) in [6.45, 7) is 0.495. The van der Waals surface area contributed by atoms with Crippen molar-refractivity contribution in [3.63, 3.8) is 0 Å². The largest absolute Gasteiger partial charge is 0.478 e. The second-order valence-corrected chi connectivity index (χ2v) is 4.71. The van der Waals surface area contributed by atoms with Gasteiger partial charge in [-0.05, 0) is 35.9 Å². The van der Waals surface area contributed by atoms with Crippen molar-refractivity contribution in [2.24, 2.45) is 10.3 Å². The highest BCUT2D eigenvalue weighted by Gasteiger charge is 2.22. The molecule has 3 rings (SSSR count). The molecule has 0 saturated heterocycles. The van der Waals surface area contributed by atoms with Gasteiger partial charge in [-0.3, -0.25) is 0 Å². The third-order valence-corrected chi connectivity index (χ3v) is 3.29. The normalized spacial score (nSPS) is 17.2. The molecule has 0 fully saturated rings. The molecule has 21 heavy (non-hydrogen) atoms. The van der Waals surface area contributed by atoms with Gasteiger partial charge in [0, 0.05) is 0 Å². The number of carbonyl (C=O) groups is 1. The Morgan fingerprint density at radius 1 is 1.24 bits per heavy atom. The summed E-state index contributed by atoms with van der Waals surface area (Å²) in [5.74, 6) is -1.28. The van der Waals surface area contributed by atoms with Crippen LogP contribution in [0, 0.1) is 5.82 Å². The molecule has 6 heteroatoms. The van der Waals surface area contributed by atoms with Gasteiger partial charge in [0.2, 0.25) is 0 Å². The van der Waals surface area contributed by atoms with Gasteiger partial charge in [-0.15, -0.1) is 0 Å². The minimum atomic E-state index is -0.983. The fourth-order valence-electron chi connectivity index (χ4n) is 2.18. The first-order valence-corrected chi connectivity index (χ1v) is 6.40. The van der Waals surface area contributed by atoms with Crippen LogP contribution < -0.4 is 5.01 Å². The highest BCUT2D eigenvalue weighted by molar-refractivity contribution is 5.88. The molecule has 106 valence electrons. The molecule has 1 atom stereocenters. The minimum absolute atomic E-state index is 0.181. The molecule has 2 aromatic carbocycles. The summed E-state index contributed by atoms with van der Waals surface area (Å²) in [4.78, 5) is 11.0. The second-order valence-electron chi connectivity index (χ2n) is 4.71. The van der Waals surface area contributed by atoms with Gasteiger partial charge < -0.3 is 5.11 Å². The summed E-state index contributed by atoms with van der Waals surface area (Å²) in [7, 11) is 0. The molecule has 2 aromatic rings. The maximum atomic E-state index is 12.9. The average molecular weight is 285 g/mol. The molecule has 0 aliphatic carbocycles. The van der Waals surface area contributed by atoms with Crippen LogP contribution in [-0.4, -0.2) is 17.6 Å². The van der Waals surface area contributed by atoms with E-state index in [0.29, 0.717) is 12.2 Å². The van der Waals surface area contributed by atoms with E-state index in [0.717, 1.165) is 5.56 Å². The van der Waals surface area contributed by atoms with E-state index in [1.807, 2.05) is 0 Å². The van der Waals surface area contributed by atoms with Crippen molar-refractivity contribution in [3.05, 3.63) is 65.5 Å². The molecular weight excluding hydrogens is 273 g/mol. The average Bonchev–Trinajstić information content (AvgIpc) is 2.98. The lowest BCUT2D eigenvalue weighted by Crippen LogP contribution is -2.16. The van der Waals surface area contributed by atoms with Gasteiger partial charge in [-0.25, -0.2) is 14.2 Å². The van der Waals surface area contributed by atoms with E-state index in [-0.39, 0.29) is 17.4 Å². The Kier molecular flexibility index (Phi) is 3.35. The standard InChI is InChI=1S/C15H12FN3O2/c16-12-6-4-10(5-7-12)14-9-19(18-17-14)13-3-1-2-11(8-13)15(20)21/h1-8,14H,9H2,(H,20,21). The minimum Gasteiger partial charge on any atom is -0.478 e. The third-order valence-electron chi connectivity index (χ3n) is 3.29. The van der Waals surface area contributed by atoms with Gasteiger partial charge in [0.05, 0.1) is 17.8 Å². The molecule has 0 aromatic heterocycles. The van der Waals surface area contributed by atoms with E-state index in [2.05, 4.69) is 10.3 Å². The molecule has 0 amide bonds. The molecule has 1 aliphatic heterocycles. The lowest BCUT2D eigenvalue weighted by Gasteiger charge is -2.14. The Labute approximate surface area is 120 Å². The molecule has 0 bridgehead atoms. The molecule has 1 unspecified atom stereocenters. The first kappa shape index (κ1) is 13.2. The molecule has 1 heterocycles. The van der Waals surface area contributed by atoms with Gasteiger partial charge in [-0.1, -0.05) is 23.4 Å². The maximum Gasteiger partial charge on any atom is 0.335 e. The summed E-state index contributed by atoms with van der Waals surface area (Å²) in [6.07, 6.45) is 0. The van der Waals surface area contributed by atoms with Gasteiger partial charge in [-0.2, -0.15) is 5.11 Å². The summed E-state index contributed by atoms with van der Waals surface area (Å²) in [5, 5.41) is 18.8. The quantitative estimate of drug-likeness (QED) is 0.939. The molecule has 1 aliphatic rings. The third kappa shape index (κ3) is 2.74. The number of benzene rings is 2. The number of hydrogen-bond acceptors (Lipinski definition) is 4. The predicted molar refractivity (Wildman–Crippen MR) is 74.7 cm³/mol. The predicted octanol–water partition coefficient (Wildman–Crippen LogP) is 3.45. The van der Waals surface area contributed by atoms with Crippen LogP contribution in [0.1, 0.15) is 22.0 Å². The first-order valence-electron chi connectivity index (χ1n) is 6.40. The maximum absolute atomic E-state index is 12.9. The van der Waals surface area contributed by atoms with Gasteiger partial charge in [0.1, 0.15) is 11.9 Å². The zero-order valence-electron chi connectivity index (χ0n) is 11.0. The zero-order valence-corrected chi connectivity index (χ0v) is 11.0. The summed E-state index contributed by atoms with van der Waals surface area (Å²) in [5.41, 5.74) is 1.74. The van der Waals surface area contributed by atoms with E-state index < -0.39 is 5.97 Å². The van der Waals surface area contributed by atoms with E-state index in [9.17, 15) is 9.18 Å². The molecule has 0 spiro atoms. The fourth-order valence-corrected chi connectivity index (χ4v) is 2.18. The van der Waals surface area contributed by atoms with Crippen LogP contribution in [0.2, 0.25) is 0 Å². The number of nitrogens with zero attached hydrogens (tertiary/aromatic N) is 3. The van der Waals surface area contributed by atoms with Crippen molar-refractivity contribution in [3.8, 4) is 0 Å². The van der Waals surface area contributed by atoms with Gasteiger partial charge >= 0.3 is 5.97 Å². The zero-order chi connectivity index (χ0) is 14.8. The Balaban J connectivity index is 1.78. The van der Waals surface area contributed by atoms with Crippen LogP contribution >= 0.6 is 0 Å². The van der Waals surface area contributed by atoms with Crippen molar-refractivity contribution in [1.29, 1.82) is 0 Å². The van der Waals surface area contributed by atoms with Crippen LogP contribution in [0.4, 0.5) is 10.1 Å². The number of rotatable bonds is 3. The van der Waals surface area contributed by atoms with Crippen molar-refractivity contribution in [1.82, 2.24) is 0 Å². The van der Waals surface area contributed by atoms with E-state index in [1.165, 1.54) is 18.2 Å². The van der Waals surface area contributed by atoms with Crippen molar-refractivity contribution < 1.29 is 14.3 Å². The van der Waals surface area contributed by atoms with E-state index >= 15 is 0 Å². The highest BCUT2D eigenvalue weighted by atomic mass is 19.1. The van der Waals surface area contributed by atoms with Crippen LogP contribution in [0.25, 0.3) is 0 Å². The second kappa shape index (κ2) is 5.32. The van der Waals surface area contributed by atoms with Gasteiger partial charge in [0.15, 0.2) is 0 Å². The Morgan fingerprint density at radius 2 is 2.00 bits per heavy atom. The van der Waals surface area contributed by atoms with Crippen molar-refractivity contribution in [2.45, 2.75) is 6.04 Å². The number of aromatic carboxylic acids is 1. The van der Waals surface area contributed by atoms with Crippen LogP contribution in [0.5, 0.6) is 0 Å². The highest BCUT2D eigenvalue weighted by Crippen LogP contribution is 2.29. The summed E-state index contributed by atoms with van der Waals surface area (Å²) in [6, 6.07) is 12.5. The van der Waals surface area contributed by atoms with E-state index in [4.69, 9.17) is 5.11 Å². The monoisotopic (exact) mass is 285 g/mol. The lowest BCUT2D eigenvalue weighted by molar-refractivity contribution is 0.0697. The molecule has 0 saturated carbocycles. The van der Waals surface area contributed by atoms with Crippen LogP contribution in [-0.2, 0) is 0 Å². The Bertz CT molecular complexity index is 700. The number of anilines is 1. The number of carboxylic acid groups (broad SMARTS) is 1. The summed E-state index contributed by atoms with van der Waals surface area (Å²) >= 11 is 0. The molecule has 0 radical (unpaired) electrons. The number of halogens is 1. The lowest BCUT2D eigenvalue weighted by atomic mass is 10.1. The molecular formula is C15H12FN3O2. The van der Waals surface area contributed by atoms with E-state index in [1.54, 1.807) is 35.3 Å². The fraction of sp³-hybridized carbons (Fsp3) is 0.133. The van der Waals surface area contributed by atoms with Crippen molar-refractivity contribution in [2.75, 3.05) is 11.6 Å². The van der Waals surface area contributed by atoms with Crippen molar-refractivity contribution >= 4 is 11.7 Å². The number of carboxylic acids is 1. The molecule has 5 nitrogen and oxygen atoms in total. The smallest absolute Gasteiger partial charge is 0.335 e. The topological polar surface area (TPSA) is 65.3 Å². The van der Waals surface area contributed by atoms with Gasteiger partial charge in [0.25, 0.3) is 0 Å².